The van der Waals surface area contributed by atoms with Gasteiger partial charge in [0, 0.05) is 17.6 Å². The number of nitrogens with zero attached hydrogens (tertiary/aromatic N) is 1. The van der Waals surface area contributed by atoms with E-state index in [2.05, 4.69) is 31.4 Å². The van der Waals surface area contributed by atoms with Crippen molar-refractivity contribution in [3.63, 3.8) is 0 Å². The smallest absolute Gasteiger partial charge is 0.270 e. The van der Waals surface area contributed by atoms with Crippen LogP contribution in [0, 0.1) is 0 Å². The maximum Gasteiger partial charge on any atom is 0.270 e. The van der Waals surface area contributed by atoms with E-state index in [4.69, 9.17) is 5.73 Å². The first kappa shape index (κ1) is 16.7. The lowest BCUT2D eigenvalue weighted by Crippen LogP contribution is -2.49. The zero-order chi connectivity index (χ0) is 16.2. The van der Waals surface area contributed by atoms with Crippen molar-refractivity contribution in [1.29, 1.82) is 0 Å². The summed E-state index contributed by atoms with van der Waals surface area (Å²) in [5.74, 6) is -0.210. The Kier molecular flexibility index (Phi) is 5.37. The first-order valence-electron chi connectivity index (χ1n) is 7.37. The number of hydrogen-bond donors (Lipinski definition) is 3. The van der Waals surface area contributed by atoms with Gasteiger partial charge in [-0.25, -0.2) is 0 Å². The summed E-state index contributed by atoms with van der Waals surface area (Å²) < 4.78 is 0.659. The highest BCUT2D eigenvalue weighted by Gasteiger charge is 2.23. The second kappa shape index (κ2) is 7.07. The van der Waals surface area contributed by atoms with Crippen LogP contribution in [-0.4, -0.2) is 28.2 Å². The van der Waals surface area contributed by atoms with Crippen LogP contribution in [0.25, 0.3) is 11.3 Å². The van der Waals surface area contributed by atoms with Crippen LogP contribution in [0.1, 0.15) is 37.2 Å². The topological polar surface area (TPSA) is 83.8 Å². The fourth-order valence-electron chi connectivity index (χ4n) is 2.11. The molecule has 0 aliphatic heterocycles. The van der Waals surface area contributed by atoms with Crippen LogP contribution >= 0.6 is 15.9 Å². The Morgan fingerprint density at radius 2 is 1.95 bits per heavy atom. The number of hydrogen-bond acceptors (Lipinski definition) is 3. The van der Waals surface area contributed by atoms with E-state index in [1.54, 1.807) is 0 Å². The number of aromatic nitrogens is 2. The molecule has 1 aromatic carbocycles. The molecule has 1 amide bonds. The van der Waals surface area contributed by atoms with Crippen molar-refractivity contribution >= 4 is 21.8 Å². The molecule has 0 spiro atoms. The summed E-state index contributed by atoms with van der Waals surface area (Å²) in [6.07, 6.45) is 1.62. The summed E-state index contributed by atoms with van der Waals surface area (Å²) in [4.78, 5) is 12.3. The molecule has 0 aliphatic carbocycles. The van der Waals surface area contributed by atoms with Gasteiger partial charge in [-0.1, -0.05) is 44.2 Å². The van der Waals surface area contributed by atoms with Gasteiger partial charge in [0.15, 0.2) is 0 Å². The summed E-state index contributed by atoms with van der Waals surface area (Å²) in [6, 6.07) is 9.69. The number of carbonyl (C=O) groups is 1. The van der Waals surface area contributed by atoms with Crippen LogP contribution in [0.15, 0.2) is 34.8 Å². The molecule has 5 nitrogen and oxygen atoms in total. The van der Waals surface area contributed by atoms with Gasteiger partial charge >= 0.3 is 0 Å². The average Bonchev–Trinajstić information content (AvgIpc) is 2.95. The van der Waals surface area contributed by atoms with Gasteiger partial charge in [-0.05, 0) is 28.8 Å². The molecule has 4 N–H and O–H groups in total. The molecular weight excluding hydrogens is 344 g/mol. The number of amides is 1. The Bertz CT molecular complexity index is 635. The van der Waals surface area contributed by atoms with E-state index in [1.807, 2.05) is 44.2 Å². The molecular formula is C16H21BrN4O. The highest BCUT2D eigenvalue weighted by atomic mass is 79.9. The summed E-state index contributed by atoms with van der Waals surface area (Å²) in [5, 5.41) is 9.90. The van der Waals surface area contributed by atoms with E-state index in [-0.39, 0.29) is 11.4 Å². The highest BCUT2D eigenvalue weighted by Crippen LogP contribution is 2.28. The summed E-state index contributed by atoms with van der Waals surface area (Å²) in [7, 11) is 0. The van der Waals surface area contributed by atoms with Gasteiger partial charge in [-0.3, -0.25) is 9.89 Å². The minimum absolute atomic E-state index is 0.210. The van der Waals surface area contributed by atoms with E-state index in [0.717, 1.165) is 24.1 Å². The predicted molar refractivity (Wildman–Crippen MR) is 91.6 cm³/mol. The van der Waals surface area contributed by atoms with Crippen molar-refractivity contribution in [1.82, 2.24) is 15.5 Å². The van der Waals surface area contributed by atoms with Crippen molar-refractivity contribution in [2.75, 3.05) is 6.54 Å². The average molecular weight is 365 g/mol. The minimum atomic E-state index is -0.371. The number of nitrogens with one attached hydrogen (secondary N) is 2. The lowest BCUT2D eigenvalue weighted by molar-refractivity contribution is 0.0936. The summed E-state index contributed by atoms with van der Waals surface area (Å²) in [5.41, 5.74) is 7.91. The molecule has 1 aromatic heterocycles. The summed E-state index contributed by atoms with van der Waals surface area (Å²) >= 11 is 3.46. The Morgan fingerprint density at radius 3 is 2.55 bits per heavy atom. The van der Waals surface area contributed by atoms with E-state index in [1.165, 1.54) is 0 Å². The quantitative estimate of drug-likeness (QED) is 0.736. The standard InChI is InChI=1S/C16H21BrN4O/c1-3-16(18,4-2)10-19-15(22)14-12(17)13(20-21-14)11-8-6-5-7-9-11/h5-9H,3-4,10,18H2,1-2H3,(H,19,22)(H,20,21). The van der Waals surface area contributed by atoms with Gasteiger partial charge in [0.2, 0.25) is 0 Å². The molecule has 0 unspecified atom stereocenters. The van der Waals surface area contributed by atoms with Crippen molar-refractivity contribution in [3.8, 4) is 11.3 Å². The number of carbonyl (C=O) groups excluding carboxylic acids is 1. The Balaban J connectivity index is 2.14. The van der Waals surface area contributed by atoms with Gasteiger partial charge in [0.05, 0.1) is 4.47 Å². The number of benzene rings is 1. The minimum Gasteiger partial charge on any atom is -0.349 e. The Labute approximate surface area is 138 Å². The lowest BCUT2D eigenvalue weighted by atomic mass is 9.94. The number of nitrogens with two attached hydrogens (primary N) is 1. The van der Waals surface area contributed by atoms with Crippen molar-refractivity contribution in [2.45, 2.75) is 32.2 Å². The van der Waals surface area contributed by atoms with Crippen molar-refractivity contribution < 1.29 is 4.79 Å². The van der Waals surface area contributed by atoms with Gasteiger partial charge in [-0.15, -0.1) is 0 Å². The van der Waals surface area contributed by atoms with E-state index in [0.29, 0.717) is 16.7 Å². The molecule has 0 saturated heterocycles. The first-order valence-corrected chi connectivity index (χ1v) is 8.16. The van der Waals surface area contributed by atoms with Gasteiger partial charge in [0.25, 0.3) is 5.91 Å². The highest BCUT2D eigenvalue weighted by molar-refractivity contribution is 9.10. The number of rotatable bonds is 6. The SMILES string of the molecule is CCC(N)(CC)CNC(=O)c1[nH]nc(-c2ccccc2)c1Br. The molecule has 0 bridgehead atoms. The molecule has 0 atom stereocenters. The normalized spacial score (nSPS) is 11.5. The van der Waals surface area contributed by atoms with Crippen LogP contribution < -0.4 is 11.1 Å². The van der Waals surface area contributed by atoms with Crippen LogP contribution in [-0.2, 0) is 0 Å². The third-order valence-corrected chi connectivity index (χ3v) is 4.76. The second-order valence-electron chi connectivity index (χ2n) is 5.38. The largest absolute Gasteiger partial charge is 0.349 e. The molecule has 118 valence electrons. The lowest BCUT2D eigenvalue weighted by Gasteiger charge is -2.26. The molecule has 1 heterocycles. The first-order chi connectivity index (χ1) is 10.5. The van der Waals surface area contributed by atoms with E-state index in [9.17, 15) is 4.79 Å². The Morgan fingerprint density at radius 1 is 1.32 bits per heavy atom. The number of aromatic amines is 1. The van der Waals surface area contributed by atoms with Gasteiger partial charge < -0.3 is 11.1 Å². The fourth-order valence-corrected chi connectivity index (χ4v) is 2.70. The molecule has 22 heavy (non-hydrogen) atoms. The van der Waals surface area contributed by atoms with Crippen molar-refractivity contribution in [3.05, 3.63) is 40.5 Å². The monoisotopic (exact) mass is 364 g/mol. The molecule has 0 aliphatic rings. The number of H-pyrrole nitrogens is 1. The van der Waals surface area contributed by atoms with E-state index < -0.39 is 0 Å². The predicted octanol–water partition coefficient (Wildman–Crippen LogP) is 3.09. The summed E-state index contributed by atoms with van der Waals surface area (Å²) in [6.45, 7) is 4.48. The second-order valence-corrected chi connectivity index (χ2v) is 6.17. The van der Waals surface area contributed by atoms with Crippen LogP contribution in [0.3, 0.4) is 0 Å². The third-order valence-electron chi connectivity index (χ3n) is 3.99. The van der Waals surface area contributed by atoms with Gasteiger partial charge in [-0.2, -0.15) is 5.10 Å². The van der Waals surface area contributed by atoms with E-state index >= 15 is 0 Å². The molecule has 0 saturated carbocycles. The molecule has 0 fully saturated rings. The molecule has 0 radical (unpaired) electrons. The van der Waals surface area contributed by atoms with Crippen LogP contribution in [0.2, 0.25) is 0 Å². The maximum absolute atomic E-state index is 12.3. The van der Waals surface area contributed by atoms with Gasteiger partial charge in [0.1, 0.15) is 11.4 Å². The Hall–Kier alpha value is -1.66. The zero-order valence-electron chi connectivity index (χ0n) is 12.8. The maximum atomic E-state index is 12.3. The molecule has 2 rings (SSSR count). The molecule has 6 heteroatoms. The third kappa shape index (κ3) is 3.56. The van der Waals surface area contributed by atoms with Crippen LogP contribution in [0.5, 0.6) is 0 Å². The van der Waals surface area contributed by atoms with Crippen molar-refractivity contribution in [2.24, 2.45) is 5.73 Å². The molecule has 2 aromatic rings. The fraction of sp³-hybridized carbons (Fsp3) is 0.375. The number of halogens is 1. The zero-order valence-corrected chi connectivity index (χ0v) is 14.4. The van der Waals surface area contributed by atoms with Crippen LogP contribution in [0.4, 0.5) is 0 Å².